The van der Waals surface area contributed by atoms with Crippen LogP contribution in [0.2, 0.25) is 0 Å². The van der Waals surface area contributed by atoms with Crippen LogP contribution in [0.5, 0.6) is 0 Å². The van der Waals surface area contributed by atoms with Crippen LogP contribution in [0, 0.1) is 23.4 Å². The fraction of sp³-hybridized carbons (Fsp3) is 0.379. The Morgan fingerprint density at radius 2 is 1.66 bits per heavy atom. The molecule has 3 aromatic rings. The van der Waals surface area contributed by atoms with Crippen LogP contribution in [0.3, 0.4) is 0 Å². The average molecular weight is 525 g/mol. The SMILES string of the molecule is NC(=O)C(C1CCN(C(=O)C=Cc2ccc(F)c(F)c2F)CC1)N1CCC(c2c[nH]c3ccccc23)CC1. The van der Waals surface area contributed by atoms with E-state index in [-0.39, 0.29) is 29.3 Å². The van der Waals surface area contributed by atoms with Gasteiger partial charge < -0.3 is 15.6 Å². The smallest absolute Gasteiger partial charge is 0.246 e. The Labute approximate surface area is 219 Å². The third-order valence-electron chi connectivity index (χ3n) is 8.04. The van der Waals surface area contributed by atoms with Gasteiger partial charge in [0.15, 0.2) is 17.5 Å². The van der Waals surface area contributed by atoms with E-state index in [0.29, 0.717) is 31.8 Å². The number of H-pyrrole nitrogens is 1. The molecule has 2 aliphatic rings. The molecule has 2 aromatic carbocycles. The van der Waals surface area contributed by atoms with Gasteiger partial charge in [-0.05, 0) is 80.4 Å². The van der Waals surface area contributed by atoms with Crippen molar-refractivity contribution in [2.24, 2.45) is 11.7 Å². The van der Waals surface area contributed by atoms with E-state index in [4.69, 9.17) is 5.73 Å². The van der Waals surface area contributed by atoms with E-state index in [1.165, 1.54) is 10.9 Å². The predicted octanol–water partition coefficient (Wildman–Crippen LogP) is 4.57. The Bertz CT molecular complexity index is 1360. The Morgan fingerprint density at radius 3 is 2.37 bits per heavy atom. The summed E-state index contributed by atoms with van der Waals surface area (Å²) in [5, 5.41) is 1.25. The number of halogens is 3. The van der Waals surface area contributed by atoms with Crippen LogP contribution in [-0.4, -0.2) is 58.8 Å². The quantitative estimate of drug-likeness (QED) is 0.366. The van der Waals surface area contributed by atoms with Gasteiger partial charge in [0.05, 0.1) is 6.04 Å². The largest absolute Gasteiger partial charge is 0.368 e. The first-order chi connectivity index (χ1) is 18.3. The number of hydrogen-bond acceptors (Lipinski definition) is 3. The maximum absolute atomic E-state index is 13.9. The van der Waals surface area contributed by atoms with Crippen LogP contribution in [0.1, 0.15) is 42.7 Å². The zero-order chi connectivity index (χ0) is 26.8. The topological polar surface area (TPSA) is 82.4 Å². The second kappa shape index (κ2) is 11.0. The second-order valence-electron chi connectivity index (χ2n) is 10.2. The Balaban J connectivity index is 1.17. The number of aromatic nitrogens is 1. The number of rotatable bonds is 6. The molecule has 1 unspecified atom stereocenters. The third-order valence-corrected chi connectivity index (χ3v) is 8.04. The lowest BCUT2D eigenvalue weighted by atomic mass is 9.84. The van der Waals surface area contributed by atoms with Gasteiger partial charge in [0.1, 0.15) is 0 Å². The van der Waals surface area contributed by atoms with Crippen molar-refractivity contribution in [3.05, 3.63) is 77.2 Å². The Hall–Kier alpha value is -3.59. The summed E-state index contributed by atoms with van der Waals surface area (Å²) in [6.45, 7) is 2.42. The van der Waals surface area contributed by atoms with Gasteiger partial charge in [0.25, 0.3) is 0 Å². The molecule has 0 saturated carbocycles. The summed E-state index contributed by atoms with van der Waals surface area (Å²) in [5.74, 6) is -4.40. The molecule has 3 N–H and O–H groups in total. The van der Waals surface area contributed by atoms with Crippen molar-refractivity contribution in [2.45, 2.75) is 37.6 Å². The fourth-order valence-corrected chi connectivity index (χ4v) is 6.00. The molecule has 3 heterocycles. The number of carbonyl (C=O) groups is 2. The lowest BCUT2D eigenvalue weighted by molar-refractivity contribution is -0.129. The number of nitrogens with zero attached hydrogens (tertiary/aromatic N) is 2. The monoisotopic (exact) mass is 524 g/mol. The van der Waals surface area contributed by atoms with Gasteiger partial charge in [0.2, 0.25) is 11.8 Å². The molecule has 6 nitrogen and oxygen atoms in total. The molecule has 1 atom stereocenters. The second-order valence-corrected chi connectivity index (χ2v) is 10.2. The molecule has 1 aromatic heterocycles. The zero-order valence-electron chi connectivity index (χ0n) is 21.0. The molecule has 0 aliphatic carbocycles. The van der Waals surface area contributed by atoms with Crippen molar-refractivity contribution in [2.75, 3.05) is 26.2 Å². The summed E-state index contributed by atoms with van der Waals surface area (Å²) in [6, 6.07) is 9.80. The standard InChI is InChI=1S/C29H31F3N4O2/c30-23-7-5-19(26(31)27(23)32)6-8-25(37)35-13-11-20(12-14-35)28(29(33)38)36-15-9-18(10-16-36)22-17-34-24-4-2-1-3-21(22)24/h1-8,17-18,20,28,34H,9-16H2,(H2,33,38). The summed E-state index contributed by atoms with van der Waals surface area (Å²) in [4.78, 5) is 32.3. The van der Waals surface area contributed by atoms with Crippen molar-refractivity contribution in [1.29, 1.82) is 0 Å². The molecule has 0 radical (unpaired) electrons. The number of likely N-dealkylation sites (tertiary alicyclic amines) is 2. The normalized spacial score (nSPS) is 18.9. The average Bonchev–Trinajstić information content (AvgIpc) is 3.36. The molecular formula is C29H31F3N4O2. The lowest BCUT2D eigenvalue weighted by Crippen LogP contribution is -2.54. The molecular weight excluding hydrogens is 493 g/mol. The van der Waals surface area contributed by atoms with Crippen LogP contribution >= 0.6 is 0 Å². The molecule has 200 valence electrons. The van der Waals surface area contributed by atoms with Crippen LogP contribution < -0.4 is 5.73 Å². The molecule has 5 rings (SSSR count). The van der Waals surface area contributed by atoms with Crippen LogP contribution in [-0.2, 0) is 9.59 Å². The minimum absolute atomic E-state index is 0.0359. The van der Waals surface area contributed by atoms with Crippen molar-refractivity contribution < 1.29 is 22.8 Å². The Kier molecular flexibility index (Phi) is 7.56. The summed E-state index contributed by atoms with van der Waals surface area (Å²) >= 11 is 0. The van der Waals surface area contributed by atoms with E-state index < -0.39 is 17.5 Å². The number of piperidine rings is 2. The van der Waals surface area contributed by atoms with Crippen molar-refractivity contribution in [1.82, 2.24) is 14.8 Å². The van der Waals surface area contributed by atoms with E-state index in [0.717, 1.165) is 55.7 Å². The highest BCUT2D eigenvalue weighted by atomic mass is 19.2. The molecule has 2 aliphatic heterocycles. The molecule has 0 spiro atoms. The molecule has 9 heteroatoms. The van der Waals surface area contributed by atoms with Gasteiger partial charge in [0, 0.05) is 41.8 Å². The summed E-state index contributed by atoms with van der Waals surface area (Å²) in [5.41, 5.74) is 8.13. The van der Waals surface area contributed by atoms with E-state index in [9.17, 15) is 22.8 Å². The molecule has 2 saturated heterocycles. The first-order valence-electron chi connectivity index (χ1n) is 13.0. The molecule has 38 heavy (non-hydrogen) atoms. The van der Waals surface area contributed by atoms with Crippen LogP contribution in [0.25, 0.3) is 17.0 Å². The van der Waals surface area contributed by atoms with Crippen molar-refractivity contribution in [3.8, 4) is 0 Å². The number of benzene rings is 2. The molecule has 2 fully saturated rings. The maximum Gasteiger partial charge on any atom is 0.246 e. The highest BCUT2D eigenvalue weighted by Gasteiger charge is 2.37. The minimum atomic E-state index is -1.57. The third kappa shape index (κ3) is 5.20. The first-order valence-corrected chi connectivity index (χ1v) is 13.0. The first kappa shape index (κ1) is 26.0. The number of carbonyl (C=O) groups excluding carboxylic acids is 2. The van der Waals surface area contributed by atoms with Gasteiger partial charge in [-0.15, -0.1) is 0 Å². The highest BCUT2D eigenvalue weighted by Crippen LogP contribution is 2.35. The lowest BCUT2D eigenvalue weighted by Gasteiger charge is -2.42. The molecule has 2 amide bonds. The number of nitrogens with two attached hydrogens (primary N) is 1. The fourth-order valence-electron chi connectivity index (χ4n) is 6.00. The number of fused-ring (bicyclic) bond motifs is 1. The Morgan fingerprint density at radius 1 is 0.947 bits per heavy atom. The number of amides is 2. The van der Waals surface area contributed by atoms with Crippen LogP contribution in [0.4, 0.5) is 13.2 Å². The van der Waals surface area contributed by atoms with Gasteiger partial charge in [-0.1, -0.05) is 18.2 Å². The maximum atomic E-state index is 13.9. The van der Waals surface area contributed by atoms with Gasteiger partial charge in [-0.2, -0.15) is 0 Å². The summed E-state index contributed by atoms with van der Waals surface area (Å²) < 4.78 is 40.5. The number of hydrogen-bond donors (Lipinski definition) is 2. The van der Waals surface area contributed by atoms with E-state index in [1.807, 2.05) is 12.1 Å². The summed E-state index contributed by atoms with van der Waals surface area (Å²) in [7, 11) is 0. The van der Waals surface area contributed by atoms with Crippen molar-refractivity contribution in [3.63, 3.8) is 0 Å². The number of nitrogens with one attached hydrogen (secondary N) is 1. The van der Waals surface area contributed by atoms with E-state index >= 15 is 0 Å². The zero-order valence-corrected chi connectivity index (χ0v) is 21.0. The van der Waals surface area contributed by atoms with Crippen molar-refractivity contribution >= 4 is 28.8 Å². The van der Waals surface area contributed by atoms with Gasteiger partial charge in [-0.3, -0.25) is 14.5 Å². The number of para-hydroxylation sites is 1. The number of primary amides is 1. The van der Waals surface area contributed by atoms with Crippen LogP contribution in [0.15, 0.2) is 48.7 Å². The van der Waals surface area contributed by atoms with E-state index in [2.05, 4.69) is 28.2 Å². The summed E-state index contributed by atoms with van der Waals surface area (Å²) in [6.07, 6.45) is 7.53. The predicted molar refractivity (Wildman–Crippen MR) is 139 cm³/mol. The van der Waals surface area contributed by atoms with E-state index in [1.54, 1.807) is 4.90 Å². The molecule has 0 bridgehead atoms. The minimum Gasteiger partial charge on any atom is -0.368 e. The number of aromatic amines is 1. The highest BCUT2D eigenvalue weighted by molar-refractivity contribution is 5.92. The van der Waals surface area contributed by atoms with Gasteiger partial charge >= 0.3 is 0 Å². The van der Waals surface area contributed by atoms with Gasteiger partial charge in [-0.25, -0.2) is 13.2 Å².